The molecular weight excluding hydrogens is 296 g/mol. The smallest absolute Gasteiger partial charge is 0.211 e. The van der Waals surface area contributed by atoms with Crippen LogP contribution in [0.3, 0.4) is 0 Å². The summed E-state index contributed by atoms with van der Waals surface area (Å²) in [6.07, 6.45) is 4.78. The van der Waals surface area contributed by atoms with Gasteiger partial charge in [-0.05, 0) is 30.4 Å². The second-order valence-corrected chi connectivity index (χ2v) is 5.95. The van der Waals surface area contributed by atoms with Gasteiger partial charge in [-0.2, -0.15) is 9.78 Å². The van der Waals surface area contributed by atoms with Crippen molar-refractivity contribution in [2.24, 2.45) is 5.10 Å². The summed E-state index contributed by atoms with van der Waals surface area (Å²) in [7, 11) is 0. The molecule has 0 bridgehead atoms. The molecule has 1 aromatic carbocycles. The number of aromatic nitrogens is 3. The molecule has 1 aromatic heterocycles. The maximum Gasteiger partial charge on any atom is 0.211 e. The first-order chi connectivity index (χ1) is 10.7. The van der Waals surface area contributed by atoms with Crippen molar-refractivity contribution in [3.63, 3.8) is 0 Å². The van der Waals surface area contributed by atoms with Crippen molar-refractivity contribution in [1.29, 1.82) is 0 Å². The summed E-state index contributed by atoms with van der Waals surface area (Å²) in [6.45, 7) is 6.98. The van der Waals surface area contributed by atoms with Crippen LogP contribution in [0.25, 0.3) is 0 Å². The van der Waals surface area contributed by atoms with Crippen LogP contribution in [0, 0.1) is 0 Å². The minimum absolute atomic E-state index is 0.268. The van der Waals surface area contributed by atoms with Gasteiger partial charge in [0.1, 0.15) is 5.75 Å². The van der Waals surface area contributed by atoms with Crippen molar-refractivity contribution in [2.45, 2.75) is 38.3 Å². The predicted molar refractivity (Wildman–Crippen MR) is 91.1 cm³/mol. The Morgan fingerprint density at radius 3 is 2.86 bits per heavy atom. The van der Waals surface area contributed by atoms with E-state index in [9.17, 15) is 0 Å². The predicted octanol–water partition coefficient (Wildman–Crippen LogP) is 3.79. The van der Waals surface area contributed by atoms with Crippen LogP contribution in [0.4, 0.5) is 0 Å². The van der Waals surface area contributed by atoms with E-state index in [1.54, 1.807) is 4.68 Å². The molecule has 0 amide bonds. The monoisotopic (exact) mass is 318 g/mol. The number of benzene rings is 1. The van der Waals surface area contributed by atoms with Crippen molar-refractivity contribution in [3.8, 4) is 5.75 Å². The summed E-state index contributed by atoms with van der Waals surface area (Å²) in [6, 6.07) is 7.91. The minimum Gasteiger partial charge on any atom is -0.494 e. The van der Waals surface area contributed by atoms with Crippen molar-refractivity contribution in [2.75, 3.05) is 12.9 Å². The molecule has 0 atom stereocenters. The van der Waals surface area contributed by atoms with E-state index in [1.165, 1.54) is 11.8 Å². The molecule has 22 heavy (non-hydrogen) atoms. The molecule has 6 heteroatoms. The lowest BCUT2D eigenvalue weighted by atomic mass is 10.2. The third-order valence-electron chi connectivity index (χ3n) is 2.99. The fraction of sp³-hybridized carbons (Fsp3) is 0.438. The minimum atomic E-state index is 0.268. The van der Waals surface area contributed by atoms with E-state index >= 15 is 0 Å². The fourth-order valence-corrected chi connectivity index (χ4v) is 2.34. The molecular formula is C16H22N4OS. The van der Waals surface area contributed by atoms with Crippen molar-refractivity contribution in [1.82, 2.24) is 14.9 Å². The molecule has 1 heterocycles. The van der Waals surface area contributed by atoms with Gasteiger partial charge in [0.15, 0.2) is 5.82 Å². The second-order valence-electron chi connectivity index (χ2n) is 5.18. The van der Waals surface area contributed by atoms with Crippen LogP contribution in [0.2, 0.25) is 0 Å². The average Bonchev–Trinajstić information content (AvgIpc) is 2.94. The molecule has 0 radical (unpaired) electrons. The van der Waals surface area contributed by atoms with Crippen LogP contribution < -0.4 is 4.74 Å². The number of ether oxygens (including phenoxy) is 1. The SMILES string of the molecule is CCCOc1cccc(/C=N\n2c(SC)nnc2C(C)C)c1. The molecule has 0 aliphatic heterocycles. The summed E-state index contributed by atoms with van der Waals surface area (Å²) in [5, 5.41) is 13.7. The number of hydrogen-bond acceptors (Lipinski definition) is 5. The lowest BCUT2D eigenvalue weighted by Crippen LogP contribution is -2.02. The maximum absolute atomic E-state index is 5.64. The molecule has 2 rings (SSSR count). The average molecular weight is 318 g/mol. The lowest BCUT2D eigenvalue weighted by molar-refractivity contribution is 0.317. The van der Waals surface area contributed by atoms with E-state index in [4.69, 9.17) is 4.74 Å². The van der Waals surface area contributed by atoms with Crippen molar-refractivity contribution >= 4 is 18.0 Å². The van der Waals surface area contributed by atoms with Gasteiger partial charge in [-0.3, -0.25) is 0 Å². The van der Waals surface area contributed by atoms with Crippen LogP contribution in [-0.4, -0.2) is 34.0 Å². The number of rotatable bonds is 7. The van der Waals surface area contributed by atoms with Gasteiger partial charge in [-0.15, -0.1) is 10.2 Å². The Hall–Kier alpha value is -1.82. The van der Waals surface area contributed by atoms with Gasteiger partial charge in [0.05, 0.1) is 12.8 Å². The van der Waals surface area contributed by atoms with Crippen LogP contribution in [0.15, 0.2) is 34.5 Å². The number of nitrogens with zero attached hydrogens (tertiary/aromatic N) is 4. The Balaban J connectivity index is 2.23. The standard InChI is InChI=1S/C16H22N4OS/c1-5-9-21-14-8-6-7-13(10-14)11-17-20-15(12(2)3)18-19-16(20)22-4/h6-8,10-12H,5,9H2,1-4H3/b17-11-. The second kappa shape index (κ2) is 7.98. The molecule has 0 unspecified atom stereocenters. The third-order valence-corrected chi connectivity index (χ3v) is 3.61. The summed E-state index contributed by atoms with van der Waals surface area (Å²) in [4.78, 5) is 0. The normalized spacial score (nSPS) is 11.5. The van der Waals surface area contributed by atoms with E-state index in [0.717, 1.165) is 35.3 Å². The highest BCUT2D eigenvalue weighted by molar-refractivity contribution is 7.98. The zero-order valence-electron chi connectivity index (χ0n) is 13.5. The van der Waals surface area contributed by atoms with E-state index in [-0.39, 0.29) is 5.92 Å². The third kappa shape index (κ3) is 4.10. The first kappa shape index (κ1) is 16.5. The Morgan fingerprint density at radius 1 is 1.36 bits per heavy atom. The van der Waals surface area contributed by atoms with Crippen molar-refractivity contribution in [3.05, 3.63) is 35.7 Å². The molecule has 0 aliphatic rings. The van der Waals surface area contributed by atoms with Gasteiger partial charge < -0.3 is 4.74 Å². The zero-order valence-corrected chi connectivity index (χ0v) is 14.3. The van der Waals surface area contributed by atoms with Gasteiger partial charge in [0.25, 0.3) is 0 Å². The van der Waals surface area contributed by atoms with E-state index < -0.39 is 0 Å². The molecule has 0 saturated heterocycles. The Morgan fingerprint density at radius 2 is 2.18 bits per heavy atom. The van der Waals surface area contributed by atoms with Crippen LogP contribution in [0.1, 0.15) is 44.5 Å². The van der Waals surface area contributed by atoms with Gasteiger partial charge >= 0.3 is 0 Å². The summed E-state index contributed by atoms with van der Waals surface area (Å²) >= 11 is 1.53. The summed E-state index contributed by atoms with van der Waals surface area (Å²) in [5.74, 6) is 1.99. The van der Waals surface area contributed by atoms with Crippen molar-refractivity contribution < 1.29 is 4.74 Å². The Labute approximate surface area is 135 Å². The Bertz CT molecular complexity index is 637. The Kier molecular flexibility index (Phi) is 6.00. The van der Waals surface area contributed by atoms with E-state index in [0.29, 0.717) is 0 Å². The van der Waals surface area contributed by atoms with E-state index in [1.807, 2.05) is 36.7 Å². The molecule has 118 valence electrons. The first-order valence-corrected chi connectivity index (χ1v) is 8.64. The van der Waals surface area contributed by atoms with Gasteiger partial charge in [-0.25, -0.2) is 0 Å². The maximum atomic E-state index is 5.64. The van der Waals surface area contributed by atoms with Crippen LogP contribution in [-0.2, 0) is 0 Å². The van der Waals surface area contributed by atoms with Gasteiger partial charge in [0.2, 0.25) is 5.16 Å². The number of thioether (sulfide) groups is 1. The zero-order chi connectivity index (χ0) is 15.9. The van der Waals surface area contributed by atoms with Gasteiger partial charge in [-0.1, -0.05) is 44.7 Å². The number of hydrogen-bond donors (Lipinski definition) is 0. The first-order valence-electron chi connectivity index (χ1n) is 7.42. The van der Waals surface area contributed by atoms with Gasteiger partial charge in [0, 0.05) is 5.92 Å². The molecule has 0 saturated carbocycles. The quantitative estimate of drug-likeness (QED) is 0.575. The van der Waals surface area contributed by atoms with Crippen LogP contribution in [0.5, 0.6) is 5.75 Å². The molecule has 0 spiro atoms. The topological polar surface area (TPSA) is 52.3 Å². The fourth-order valence-electron chi connectivity index (χ4n) is 1.90. The molecule has 0 aliphatic carbocycles. The molecule has 0 N–H and O–H groups in total. The lowest BCUT2D eigenvalue weighted by Gasteiger charge is -2.06. The van der Waals surface area contributed by atoms with Crippen LogP contribution >= 0.6 is 11.8 Å². The highest BCUT2D eigenvalue weighted by atomic mass is 32.2. The summed E-state index contributed by atoms with van der Waals surface area (Å²) < 4.78 is 7.44. The molecule has 0 fully saturated rings. The largest absolute Gasteiger partial charge is 0.494 e. The highest BCUT2D eigenvalue weighted by Crippen LogP contribution is 2.19. The molecule has 5 nitrogen and oxygen atoms in total. The molecule has 2 aromatic rings. The highest BCUT2D eigenvalue weighted by Gasteiger charge is 2.13. The summed E-state index contributed by atoms with van der Waals surface area (Å²) in [5.41, 5.74) is 0.990. The van der Waals surface area contributed by atoms with E-state index in [2.05, 4.69) is 36.1 Å².